The molecule has 101 heavy (non-hydrogen) atoms. The van der Waals surface area contributed by atoms with Crippen molar-refractivity contribution >= 4 is 83.5 Å². The number of carbonyl (C=O) groups excluding carboxylic acids is 14. The van der Waals surface area contributed by atoms with Gasteiger partial charge in [0.1, 0.15) is 58.0 Å². The number of ether oxygens (including phenoxy) is 8. The molecular weight excluding hydrogens is 1310 g/mol. The van der Waals surface area contributed by atoms with Gasteiger partial charge in [-0.1, -0.05) is 37.1 Å². The number of hydrogen-bond acceptors (Lipinski definition) is 24. The maximum absolute atomic E-state index is 14.1. The van der Waals surface area contributed by atoms with Gasteiger partial charge in [-0.3, -0.25) is 76.9 Å². The molecular formula is C73H118N6O22. The van der Waals surface area contributed by atoms with E-state index in [4.69, 9.17) is 37.9 Å². The number of benzene rings is 1. The maximum Gasteiger partial charge on any atom is 0.323 e. The molecule has 0 fully saturated rings. The minimum Gasteiger partial charge on any atom is -0.459 e. The topological polar surface area (TPSA) is 367 Å². The highest BCUT2D eigenvalue weighted by atomic mass is 16.6. The molecule has 0 aromatic heterocycles. The number of aldehydes is 1. The summed E-state index contributed by atoms with van der Waals surface area (Å²) in [7, 11) is 0. The van der Waals surface area contributed by atoms with E-state index >= 15 is 0 Å². The zero-order valence-corrected chi connectivity index (χ0v) is 63.7. The van der Waals surface area contributed by atoms with Gasteiger partial charge in [0.25, 0.3) is 5.91 Å². The number of carbonyl (C=O) groups is 14. The van der Waals surface area contributed by atoms with Crippen LogP contribution in [0.4, 0.5) is 0 Å². The molecule has 4 N–H and O–H groups in total. The molecule has 5 atom stereocenters. The molecule has 0 aliphatic rings. The number of rotatable bonds is 43. The standard InChI is InChI=1S/C73H118N6O22/c1-48(81)94-62(55(83)38-36-50-32-34-51(47-80)35-33-50)63(95-49(2)82)65(91)76-41-26-22-21-23-31-57(85)77-52(64(90)75-42-28-25-30-54(67(93)101-73(18,19)20)79(45-60(88)98-70(9,10)11)46-61(89)99-71(12,13)14)37-39-56(84)74-40-27-24-29-53(66(92)100-72(15,16)17)78(43-58(86)96-68(3,4)5)44-59(87)97-69(6,7)8/h32-35,47,52-54,62-63H,21-31,36-46H2,1-20H3,(H,74,84)(H,75,90)(H,76,91)(H,77,85). The summed E-state index contributed by atoms with van der Waals surface area (Å²) in [5, 5.41) is 11.0. The van der Waals surface area contributed by atoms with E-state index in [1.54, 1.807) is 149 Å². The molecule has 1 rings (SSSR count). The van der Waals surface area contributed by atoms with E-state index in [9.17, 15) is 67.1 Å². The van der Waals surface area contributed by atoms with Crippen LogP contribution < -0.4 is 21.3 Å². The van der Waals surface area contributed by atoms with Gasteiger partial charge in [-0.15, -0.1) is 0 Å². The second kappa shape index (κ2) is 43.2. The Morgan fingerprint density at radius 1 is 0.406 bits per heavy atom. The first kappa shape index (κ1) is 91.1. The van der Waals surface area contributed by atoms with E-state index in [0.717, 1.165) is 13.8 Å². The van der Waals surface area contributed by atoms with Crippen molar-refractivity contribution in [1.29, 1.82) is 0 Å². The molecule has 0 bridgehead atoms. The first-order valence-electron chi connectivity index (χ1n) is 34.8. The molecule has 1 aromatic rings. The lowest BCUT2D eigenvalue weighted by atomic mass is 10.00. The molecule has 0 radical (unpaired) electrons. The second-order valence-corrected chi connectivity index (χ2v) is 30.9. The van der Waals surface area contributed by atoms with Crippen molar-refractivity contribution in [1.82, 2.24) is 31.1 Å². The van der Waals surface area contributed by atoms with E-state index in [0.29, 0.717) is 55.9 Å². The predicted molar refractivity (Wildman–Crippen MR) is 373 cm³/mol. The highest BCUT2D eigenvalue weighted by molar-refractivity contribution is 5.95. The number of nitrogens with one attached hydrogen (secondary N) is 4. The van der Waals surface area contributed by atoms with Crippen molar-refractivity contribution in [3.8, 4) is 0 Å². The summed E-state index contributed by atoms with van der Waals surface area (Å²) < 4.78 is 44.2. The van der Waals surface area contributed by atoms with Gasteiger partial charge in [-0.05, 0) is 194 Å². The number of aryl methyl sites for hydroxylation is 1. The molecule has 0 aliphatic heterocycles. The number of nitrogens with zero attached hydrogens (tertiary/aromatic N) is 2. The van der Waals surface area contributed by atoms with E-state index in [2.05, 4.69) is 21.3 Å². The summed E-state index contributed by atoms with van der Waals surface area (Å²) in [5.41, 5.74) is -4.27. The molecule has 572 valence electrons. The van der Waals surface area contributed by atoms with E-state index in [1.807, 2.05) is 0 Å². The van der Waals surface area contributed by atoms with Crippen molar-refractivity contribution in [2.45, 2.75) is 299 Å². The van der Waals surface area contributed by atoms with Crippen LogP contribution in [-0.4, -0.2) is 203 Å². The van der Waals surface area contributed by atoms with Crippen LogP contribution in [0.15, 0.2) is 24.3 Å². The van der Waals surface area contributed by atoms with Crippen molar-refractivity contribution in [2.24, 2.45) is 0 Å². The molecule has 0 saturated heterocycles. The minimum absolute atomic E-state index is 0.0336. The fourth-order valence-corrected chi connectivity index (χ4v) is 9.89. The van der Waals surface area contributed by atoms with Crippen LogP contribution in [0, 0.1) is 0 Å². The smallest absolute Gasteiger partial charge is 0.323 e. The van der Waals surface area contributed by atoms with Crippen LogP contribution in [0.2, 0.25) is 0 Å². The summed E-state index contributed by atoms with van der Waals surface area (Å²) in [6.45, 7) is 30.8. The highest BCUT2D eigenvalue weighted by Crippen LogP contribution is 2.22. The van der Waals surface area contributed by atoms with Gasteiger partial charge >= 0.3 is 47.8 Å². The molecule has 0 spiro atoms. The Kier molecular flexibility index (Phi) is 38.9. The summed E-state index contributed by atoms with van der Waals surface area (Å²) in [5.74, 6) is -9.09. The number of unbranched alkanes of at least 4 members (excludes halogenated alkanes) is 5. The Hall–Kier alpha value is -7.88. The number of ketones is 1. The van der Waals surface area contributed by atoms with Crippen LogP contribution in [0.25, 0.3) is 0 Å². The van der Waals surface area contributed by atoms with Gasteiger partial charge < -0.3 is 59.2 Å². The zero-order valence-electron chi connectivity index (χ0n) is 63.7. The van der Waals surface area contributed by atoms with Gasteiger partial charge in [0.15, 0.2) is 5.78 Å². The lowest BCUT2D eigenvalue weighted by Gasteiger charge is -2.33. The summed E-state index contributed by atoms with van der Waals surface area (Å²) in [4.78, 5) is 187. The van der Waals surface area contributed by atoms with Crippen molar-refractivity contribution in [3.05, 3.63) is 35.4 Å². The monoisotopic (exact) mass is 1430 g/mol. The SMILES string of the molecule is CC(=O)OC(C(=O)CCc1ccc(C=O)cc1)C(OC(C)=O)C(=O)NCCCCCCC(=O)NC(CCC(=O)NCCCCC(C(=O)OC(C)(C)C)N(CC(=O)OC(C)(C)C)CC(=O)OC(C)(C)C)C(=O)NCCCCC(C(=O)OC(C)(C)C)N(CC(=O)OC(C)(C)C)CC(=O)OC(C)(C)C. The van der Waals surface area contributed by atoms with Gasteiger partial charge in [0, 0.05) is 58.3 Å². The highest BCUT2D eigenvalue weighted by Gasteiger charge is 2.40. The summed E-state index contributed by atoms with van der Waals surface area (Å²) in [6, 6.07) is 3.00. The third-order valence-electron chi connectivity index (χ3n) is 13.8. The third-order valence-corrected chi connectivity index (χ3v) is 13.8. The molecule has 0 saturated carbocycles. The van der Waals surface area contributed by atoms with Gasteiger partial charge in [-0.25, -0.2) is 0 Å². The molecule has 4 amide bonds. The lowest BCUT2D eigenvalue weighted by Crippen LogP contribution is -2.50. The van der Waals surface area contributed by atoms with Gasteiger partial charge in [0.05, 0.1) is 26.2 Å². The van der Waals surface area contributed by atoms with E-state index in [1.165, 1.54) is 9.80 Å². The fourth-order valence-electron chi connectivity index (χ4n) is 9.89. The van der Waals surface area contributed by atoms with Crippen molar-refractivity contribution < 1.29 is 105 Å². The second-order valence-electron chi connectivity index (χ2n) is 30.9. The Labute approximate surface area is 597 Å². The minimum atomic E-state index is -1.80. The largest absolute Gasteiger partial charge is 0.459 e. The number of esters is 8. The van der Waals surface area contributed by atoms with E-state index in [-0.39, 0.29) is 77.4 Å². The zero-order chi connectivity index (χ0) is 77.3. The Morgan fingerprint density at radius 2 is 0.772 bits per heavy atom. The Bertz CT molecular complexity index is 2850. The molecule has 1 aromatic carbocycles. The van der Waals surface area contributed by atoms with Crippen LogP contribution in [0.5, 0.6) is 0 Å². The summed E-state index contributed by atoms with van der Waals surface area (Å²) in [6.07, 6.45) is -0.314. The molecule has 28 nitrogen and oxygen atoms in total. The van der Waals surface area contributed by atoms with Crippen molar-refractivity contribution in [2.75, 3.05) is 45.8 Å². The van der Waals surface area contributed by atoms with Crippen molar-refractivity contribution in [3.63, 3.8) is 0 Å². The maximum atomic E-state index is 14.1. The van der Waals surface area contributed by atoms with E-state index < -0.39 is 167 Å². The molecule has 0 aliphatic carbocycles. The molecule has 28 heteroatoms. The first-order valence-corrected chi connectivity index (χ1v) is 34.8. The van der Waals surface area contributed by atoms with Crippen LogP contribution in [-0.2, 0) is 107 Å². The summed E-state index contributed by atoms with van der Waals surface area (Å²) >= 11 is 0. The van der Waals surface area contributed by atoms with Gasteiger partial charge in [0.2, 0.25) is 29.9 Å². The van der Waals surface area contributed by atoms with Crippen LogP contribution in [0.3, 0.4) is 0 Å². The lowest BCUT2D eigenvalue weighted by molar-refractivity contribution is -0.174. The van der Waals surface area contributed by atoms with Gasteiger partial charge in [-0.2, -0.15) is 0 Å². The average Bonchev–Trinajstić information content (AvgIpc) is 0.858. The predicted octanol–water partition coefficient (Wildman–Crippen LogP) is 7.16. The van der Waals surface area contributed by atoms with Crippen LogP contribution >= 0.6 is 0 Å². The third kappa shape index (κ3) is 44.2. The Morgan fingerprint density at radius 3 is 1.16 bits per heavy atom. The first-order chi connectivity index (χ1) is 46.4. The average molecular weight is 1430 g/mol. The molecule has 5 unspecified atom stereocenters. The number of amides is 4. The quantitative estimate of drug-likeness (QED) is 0.0218. The molecule has 0 heterocycles. The Balaban J connectivity index is 3.36. The number of Topliss-reactive ketones (excluding diaryl/α,β-unsaturated/α-hetero) is 1. The fraction of sp³-hybridized carbons (Fsp3) is 0.726. The van der Waals surface area contributed by atoms with Crippen LogP contribution in [0.1, 0.15) is 244 Å². The number of hydrogen-bond donors (Lipinski definition) is 4. The normalized spacial score (nSPS) is 13.6.